The Morgan fingerprint density at radius 3 is 3.00 bits per heavy atom. The van der Waals surface area contributed by atoms with Gasteiger partial charge in [0.25, 0.3) is 0 Å². The molecule has 0 bridgehead atoms. The van der Waals surface area contributed by atoms with Crippen LogP contribution in [0.3, 0.4) is 0 Å². The highest BCUT2D eigenvalue weighted by Gasteiger charge is 2.25. The van der Waals surface area contributed by atoms with Gasteiger partial charge in [-0.1, -0.05) is 0 Å². The van der Waals surface area contributed by atoms with Gasteiger partial charge >= 0.3 is 1.43 Å². The van der Waals surface area contributed by atoms with E-state index in [1.54, 1.807) is 0 Å². The van der Waals surface area contributed by atoms with Crippen molar-refractivity contribution >= 4 is 10.2 Å². The lowest BCUT2D eigenvalue weighted by atomic mass is 10.2. The molecule has 1 unspecified atom stereocenters. The maximum atomic E-state index is 5.66. The lowest BCUT2D eigenvalue weighted by Crippen LogP contribution is -2.51. The molecule has 66 valence electrons. The van der Waals surface area contributed by atoms with Gasteiger partial charge in [0.05, 0.1) is 15.6 Å². The molecule has 1 atom stereocenters. The van der Waals surface area contributed by atoms with Crippen molar-refractivity contribution in [1.29, 1.82) is 0 Å². The number of hydrogen-bond acceptors (Lipinski definition) is 3. The zero-order valence-corrected chi connectivity index (χ0v) is 9.23. The molecule has 0 radical (unpaired) electrons. The third-order valence-electron chi connectivity index (χ3n) is 2.11. The van der Waals surface area contributed by atoms with Gasteiger partial charge in [-0.25, -0.2) is 0 Å². The number of nitrogens with one attached hydrogen (secondary N) is 1. The summed E-state index contributed by atoms with van der Waals surface area (Å²) in [6.45, 7) is 2.50. The third-order valence-corrected chi connectivity index (χ3v) is 3.25. The standard InChI is InChI=1S/C7H18N2OSi/c8-4-5-9-7(11)3-1-2-6-10-7/h9H,1-6,8H2,11H3/p+1. The summed E-state index contributed by atoms with van der Waals surface area (Å²) in [4.78, 5) is 0. The first kappa shape index (κ1) is 9.19. The maximum absolute atomic E-state index is 5.66. The first-order valence-electron chi connectivity index (χ1n) is 4.36. The van der Waals surface area contributed by atoms with Crippen LogP contribution in [0.4, 0.5) is 0 Å². The molecular formula is C7H19N2OSi+. The molecule has 1 aliphatic heterocycles. The first-order chi connectivity index (χ1) is 5.27. The molecule has 0 aromatic heterocycles. The van der Waals surface area contributed by atoms with Crippen LogP contribution in [0.25, 0.3) is 0 Å². The Hall–Kier alpha value is 0.0969. The molecule has 0 saturated carbocycles. The van der Waals surface area contributed by atoms with Crippen LogP contribution in [-0.2, 0) is 4.74 Å². The summed E-state index contributed by atoms with van der Waals surface area (Å²) in [6.07, 6.45) is 3.68. The second-order valence-electron chi connectivity index (χ2n) is 3.25. The van der Waals surface area contributed by atoms with Gasteiger partial charge in [0.1, 0.15) is 0 Å². The molecular weight excluding hydrogens is 156 g/mol. The molecule has 1 rings (SSSR count). The lowest BCUT2D eigenvalue weighted by molar-refractivity contribution is -0.0391. The molecule has 4 heteroatoms. The Morgan fingerprint density at radius 2 is 2.45 bits per heavy atom. The van der Waals surface area contributed by atoms with E-state index in [1.165, 1.54) is 19.3 Å². The largest absolute Gasteiger partial charge is 1.00 e. The van der Waals surface area contributed by atoms with Crippen LogP contribution < -0.4 is 11.1 Å². The average Bonchev–Trinajstić information content (AvgIpc) is 2.03. The van der Waals surface area contributed by atoms with Crippen LogP contribution in [-0.4, -0.2) is 35.3 Å². The van der Waals surface area contributed by atoms with Gasteiger partial charge in [0, 0.05) is 19.7 Å². The van der Waals surface area contributed by atoms with Gasteiger partial charge in [-0.15, -0.1) is 0 Å². The average molecular weight is 175 g/mol. The Kier molecular flexibility index (Phi) is 3.51. The van der Waals surface area contributed by atoms with Crippen molar-refractivity contribution in [1.82, 2.24) is 5.32 Å². The summed E-state index contributed by atoms with van der Waals surface area (Å²) < 4.78 is 5.66. The van der Waals surface area contributed by atoms with Crippen molar-refractivity contribution < 1.29 is 6.16 Å². The van der Waals surface area contributed by atoms with E-state index in [1.807, 2.05) is 0 Å². The minimum Gasteiger partial charge on any atom is -0.365 e. The van der Waals surface area contributed by atoms with Crippen molar-refractivity contribution in [3.05, 3.63) is 0 Å². The van der Waals surface area contributed by atoms with Crippen molar-refractivity contribution in [2.45, 2.75) is 24.6 Å². The fourth-order valence-electron chi connectivity index (χ4n) is 1.41. The van der Waals surface area contributed by atoms with Gasteiger partial charge in [-0.2, -0.15) is 0 Å². The quantitative estimate of drug-likeness (QED) is 0.534. The molecule has 1 aliphatic rings. The number of nitrogens with two attached hydrogens (primary N) is 1. The predicted octanol–water partition coefficient (Wildman–Crippen LogP) is -1.13. The van der Waals surface area contributed by atoms with Crippen LogP contribution in [0.1, 0.15) is 20.7 Å². The zero-order valence-electron chi connectivity index (χ0n) is 8.23. The van der Waals surface area contributed by atoms with Crippen LogP contribution >= 0.6 is 0 Å². The summed E-state index contributed by atoms with van der Waals surface area (Å²) in [7, 11) is 1.06. The molecule has 0 spiro atoms. The Bertz CT molecular complexity index is 120. The molecule has 1 fully saturated rings. The van der Waals surface area contributed by atoms with E-state index in [4.69, 9.17) is 10.5 Å². The summed E-state index contributed by atoms with van der Waals surface area (Å²) in [5, 5.41) is 3.40. The fraction of sp³-hybridized carbons (Fsp3) is 1.00. The molecule has 1 heterocycles. The van der Waals surface area contributed by atoms with E-state index in [0.717, 1.165) is 23.4 Å². The first-order valence-corrected chi connectivity index (χ1v) is 5.36. The van der Waals surface area contributed by atoms with E-state index >= 15 is 0 Å². The fourth-order valence-corrected chi connectivity index (χ4v) is 2.22. The molecule has 1 saturated heterocycles. The highest BCUT2D eigenvalue weighted by atomic mass is 28.1. The second kappa shape index (κ2) is 4.20. The van der Waals surface area contributed by atoms with E-state index in [0.29, 0.717) is 6.54 Å². The van der Waals surface area contributed by atoms with E-state index < -0.39 is 0 Å². The Labute approximate surface area is 72.6 Å². The third kappa shape index (κ3) is 2.90. The van der Waals surface area contributed by atoms with Crippen molar-refractivity contribution in [2.24, 2.45) is 5.73 Å². The predicted molar refractivity (Wildman–Crippen MR) is 50.6 cm³/mol. The molecule has 11 heavy (non-hydrogen) atoms. The van der Waals surface area contributed by atoms with Crippen molar-refractivity contribution in [3.8, 4) is 0 Å². The van der Waals surface area contributed by atoms with E-state index in [9.17, 15) is 0 Å². The number of hydrogen-bond donors (Lipinski definition) is 2. The SMILES string of the molecule is NCCNC1([SiH3])CCCCO1.[H+]. The van der Waals surface area contributed by atoms with E-state index in [-0.39, 0.29) is 6.77 Å². The van der Waals surface area contributed by atoms with Crippen LogP contribution in [0.2, 0.25) is 0 Å². The van der Waals surface area contributed by atoms with Gasteiger partial charge in [-0.3, -0.25) is 5.32 Å². The van der Waals surface area contributed by atoms with Gasteiger partial charge in [-0.05, 0) is 19.3 Å². The minimum absolute atomic E-state index is 0. The molecule has 0 aromatic carbocycles. The lowest BCUT2D eigenvalue weighted by Gasteiger charge is -2.35. The van der Waals surface area contributed by atoms with Crippen molar-refractivity contribution in [2.75, 3.05) is 19.7 Å². The molecule has 0 amide bonds. The van der Waals surface area contributed by atoms with Crippen LogP contribution in [0, 0.1) is 0 Å². The second-order valence-corrected chi connectivity index (χ2v) is 4.87. The molecule has 3 nitrogen and oxygen atoms in total. The molecule has 3 N–H and O–H groups in total. The number of ether oxygens (including phenoxy) is 1. The Morgan fingerprint density at radius 1 is 1.64 bits per heavy atom. The van der Waals surface area contributed by atoms with Gasteiger partial charge < -0.3 is 10.5 Å². The monoisotopic (exact) mass is 175 g/mol. The van der Waals surface area contributed by atoms with Gasteiger partial charge in [0.2, 0.25) is 0 Å². The van der Waals surface area contributed by atoms with Gasteiger partial charge in [0.15, 0.2) is 0 Å². The highest BCUT2D eigenvalue weighted by molar-refractivity contribution is 6.14. The summed E-state index contributed by atoms with van der Waals surface area (Å²) in [5.74, 6) is 0. The van der Waals surface area contributed by atoms with Crippen LogP contribution in [0.15, 0.2) is 0 Å². The highest BCUT2D eigenvalue weighted by Crippen LogP contribution is 2.18. The summed E-state index contributed by atoms with van der Waals surface area (Å²) in [6, 6.07) is 0. The Balaban J connectivity index is 0.00000121. The summed E-state index contributed by atoms with van der Waals surface area (Å²) >= 11 is 0. The maximum Gasteiger partial charge on any atom is 1.00 e. The summed E-state index contributed by atoms with van der Waals surface area (Å²) in [5.41, 5.74) is 5.40. The zero-order chi connectivity index (χ0) is 8.16. The molecule has 0 aliphatic carbocycles. The molecule has 0 aromatic rings. The topological polar surface area (TPSA) is 47.3 Å². The number of rotatable bonds is 3. The minimum atomic E-state index is 0. The smallest absolute Gasteiger partial charge is 0.365 e. The van der Waals surface area contributed by atoms with Crippen molar-refractivity contribution in [3.63, 3.8) is 0 Å². The van der Waals surface area contributed by atoms with Crippen LogP contribution in [0.5, 0.6) is 0 Å². The normalized spacial score (nSPS) is 32.5. The van der Waals surface area contributed by atoms with E-state index in [2.05, 4.69) is 5.32 Å².